The molecule has 0 aromatic heterocycles. The lowest BCUT2D eigenvalue weighted by Crippen LogP contribution is -2.28. The minimum atomic E-state index is -3.25. The molecule has 0 rings (SSSR count). The molecule has 0 aliphatic rings. The Morgan fingerprint density at radius 1 is 1.33 bits per heavy atom. The monoisotopic (exact) mass is 194 g/mol. The molecular formula is C7H14O4S. The molecule has 1 atom stereocenters. The second-order valence-corrected chi connectivity index (χ2v) is 5.97. The molecule has 12 heavy (non-hydrogen) atoms. The van der Waals surface area contributed by atoms with E-state index in [1.165, 1.54) is 6.92 Å². The molecule has 0 heterocycles. The van der Waals surface area contributed by atoms with Crippen molar-refractivity contribution in [3.8, 4) is 0 Å². The average Bonchev–Trinajstić information content (AvgIpc) is 1.85. The third-order valence-corrected chi connectivity index (χ3v) is 4.28. The van der Waals surface area contributed by atoms with Gasteiger partial charge in [-0.1, -0.05) is 0 Å². The van der Waals surface area contributed by atoms with Crippen molar-refractivity contribution < 1.29 is 18.3 Å². The summed E-state index contributed by atoms with van der Waals surface area (Å²) in [6.45, 7) is 4.52. The summed E-state index contributed by atoms with van der Waals surface area (Å²) in [5.74, 6) is -1.08. The van der Waals surface area contributed by atoms with E-state index >= 15 is 0 Å². The summed E-state index contributed by atoms with van der Waals surface area (Å²) in [6.07, 6.45) is -0.319. The van der Waals surface area contributed by atoms with Gasteiger partial charge in [0.1, 0.15) is 0 Å². The molecule has 0 radical (unpaired) electrons. The third kappa shape index (κ3) is 2.81. The first kappa shape index (κ1) is 11.4. The lowest BCUT2D eigenvalue weighted by atomic mass is 10.3. The van der Waals surface area contributed by atoms with E-state index in [1.54, 1.807) is 13.8 Å². The Morgan fingerprint density at radius 3 is 2.00 bits per heavy atom. The highest BCUT2D eigenvalue weighted by atomic mass is 32.2. The number of sulfone groups is 1. The van der Waals surface area contributed by atoms with Crippen molar-refractivity contribution in [2.75, 3.05) is 0 Å². The van der Waals surface area contributed by atoms with E-state index < -0.39 is 26.3 Å². The van der Waals surface area contributed by atoms with Gasteiger partial charge in [-0.25, -0.2) is 8.42 Å². The van der Waals surface area contributed by atoms with Crippen molar-refractivity contribution in [3.63, 3.8) is 0 Å². The maximum absolute atomic E-state index is 11.3. The van der Waals surface area contributed by atoms with Gasteiger partial charge in [0.2, 0.25) is 0 Å². The number of carboxylic acid groups (broad SMARTS) is 1. The zero-order valence-electron chi connectivity index (χ0n) is 7.44. The third-order valence-electron chi connectivity index (χ3n) is 1.68. The number of hydrogen-bond acceptors (Lipinski definition) is 3. The van der Waals surface area contributed by atoms with Crippen LogP contribution in [0, 0.1) is 0 Å². The highest BCUT2D eigenvalue weighted by Crippen LogP contribution is 2.11. The Hall–Kier alpha value is -0.580. The van der Waals surface area contributed by atoms with Crippen molar-refractivity contribution in [1.82, 2.24) is 0 Å². The van der Waals surface area contributed by atoms with Crippen LogP contribution in [0.5, 0.6) is 0 Å². The summed E-state index contributed by atoms with van der Waals surface area (Å²) in [7, 11) is -3.25. The maximum atomic E-state index is 11.3. The van der Waals surface area contributed by atoms with Gasteiger partial charge in [0.15, 0.2) is 9.84 Å². The second-order valence-electron chi connectivity index (χ2n) is 3.05. The standard InChI is InChI=1S/C7H14O4S/c1-5(2)12(10,11)6(3)4-7(8)9/h5-6H,4H2,1-3H3,(H,8,9). The lowest BCUT2D eigenvalue weighted by molar-refractivity contribution is -0.136. The highest BCUT2D eigenvalue weighted by molar-refractivity contribution is 7.92. The predicted octanol–water partition coefficient (Wildman–Crippen LogP) is 0.673. The molecule has 0 saturated carbocycles. The summed E-state index contributed by atoms with van der Waals surface area (Å²) in [5.41, 5.74) is 0. The lowest BCUT2D eigenvalue weighted by Gasteiger charge is -2.13. The Kier molecular flexibility index (Phi) is 3.70. The maximum Gasteiger partial charge on any atom is 0.304 e. The molecule has 5 heteroatoms. The van der Waals surface area contributed by atoms with E-state index in [-0.39, 0.29) is 6.42 Å². The quantitative estimate of drug-likeness (QED) is 0.714. The SMILES string of the molecule is CC(C)S(=O)(=O)C(C)CC(=O)O. The van der Waals surface area contributed by atoms with E-state index in [1.807, 2.05) is 0 Å². The molecule has 4 nitrogen and oxygen atoms in total. The van der Waals surface area contributed by atoms with Crippen molar-refractivity contribution in [2.45, 2.75) is 37.7 Å². The van der Waals surface area contributed by atoms with Gasteiger partial charge in [-0.15, -0.1) is 0 Å². The van der Waals surface area contributed by atoms with Gasteiger partial charge in [-0.3, -0.25) is 4.79 Å². The molecule has 0 bridgehead atoms. The smallest absolute Gasteiger partial charge is 0.304 e. The fourth-order valence-corrected chi connectivity index (χ4v) is 2.13. The molecule has 0 saturated heterocycles. The van der Waals surface area contributed by atoms with Gasteiger partial charge in [0.05, 0.1) is 16.9 Å². The van der Waals surface area contributed by atoms with E-state index in [0.717, 1.165) is 0 Å². The van der Waals surface area contributed by atoms with Crippen LogP contribution in [0.3, 0.4) is 0 Å². The minimum absolute atomic E-state index is 0.319. The molecule has 0 aliphatic heterocycles. The van der Waals surface area contributed by atoms with E-state index in [0.29, 0.717) is 0 Å². The van der Waals surface area contributed by atoms with E-state index in [9.17, 15) is 13.2 Å². The molecule has 1 N–H and O–H groups in total. The van der Waals surface area contributed by atoms with Crippen LogP contribution in [0.1, 0.15) is 27.2 Å². The van der Waals surface area contributed by atoms with Crippen molar-refractivity contribution >= 4 is 15.8 Å². The topological polar surface area (TPSA) is 71.4 Å². The largest absolute Gasteiger partial charge is 0.481 e. The Bertz CT molecular complexity index is 253. The average molecular weight is 194 g/mol. The number of rotatable bonds is 4. The van der Waals surface area contributed by atoms with Crippen LogP contribution in [-0.2, 0) is 14.6 Å². The van der Waals surface area contributed by atoms with Gasteiger partial charge >= 0.3 is 5.97 Å². The predicted molar refractivity (Wildman–Crippen MR) is 45.8 cm³/mol. The fourth-order valence-electron chi connectivity index (χ4n) is 0.827. The molecule has 0 aromatic rings. The Labute approximate surface area is 72.5 Å². The number of aliphatic carboxylic acids is 1. The van der Waals surface area contributed by atoms with E-state index in [4.69, 9.17) is 5.11 Å². The highest BCUT2D eigenvalue weighted by Gasteiger charge is 2.26. The van der Waals surface area contributed by atoms with Crippen LogP contribution in [-0.4, -0.2) is 30.0 Å². The van der Waals surface area contributed by atoms with Gasteiger partial charge in [0.25, 0.3) is 0 Å². The van der Waals surface area contributed by atoms with Crippen LogP contribution in [0.25, 0.3) is 0 Å². The fraction of sp³-hybridized carbons (Fsp3) is 0.857. The van der Waals surface area contributed by atoms with Crippen molar-refractivity contribution in [1.29, 1.82) is 0 Å². The van der Waals surface area contributed by atoms with Gasteiger partial charge < -0.3 is 5.11 Å². The summed E-state index contributed by atoms with van der Waals surface area (Å²) < 4.78 is 22.6. The first-order valence-corrected chi connectivity index (χ1v) is 5.34. The zero-order chi connectivity index (χ0) is 9.94. The minimum Gasteiger partial charge on any atom is -0.481 e. The summed E-state index contributed by atoms with van der Waals surface area (Å²) >= 11 is 0. The van der Waals surface area contributed by atoms with Gasteiger partial charge in [0, 0.05) is 0 Å². The summed E-state index contributed by atoms with van der Waals surface area (Å²) in [4.78, 5) is 10.2. The van der Waals surface area contributed by atoms with Crippen LogP contribution in [0.2, 0.25) is 0 Å². The molecule has 0 aliphatic carbocycles. The number of carboxylic acids is 1. The molecule has 0 fully saturated rings. The van der Waals surface area contributed by atoms with Gasteiger partial charge in [-0.2, -0.15) is 0 Å². The molecule has 0 amide bonds. The first-order valence-electron chi connectivity index (χ1n) is 3.73. The van der Waals surface area contributed by atoms with Gasteiger partial charge in [-0.05, 0) is 20.8 Å². The summed E-state index contributed by atoms with van der Waals surface area (Å²) in [5, 5.41) is 7.06. The molecule has 1 unspecified atom stereocenters. The van der Waals surface area contributed by atoms with Crippen LogP contribution in [0.15, 0.2) is 0 Å². The first-order chi connectivity index (χ1) is 5.28. The normalized spacial score (nSPS) is 14.7. The van der Waals surface area contributed by atoms with E-state index in [2.05, 4.69) is 0 Å². The van der Waals surface area contributed by atoms with Crippen LogP contribution < -0.4 is 0 Å². The van der Waals surface area contributed by atoms with Crippen molar-refractivity contribution in [2.24, 2.45) is 0 Å². The second kappa shape index (κ2) is 3.89. The Morgan fingerprint density at radius 2 is 1.75 bits per heavy atom. The summed E-state index contributed by atoms with van der Waals surface area (Å²) in [6, 6.07) is 0. The van der Waals surface area contributed by atoms with Crippen molar-refractivity contribution in [3.05, 3.63) is 0 Å². The Balaban J connectivity index is 4.48. The molecule has 0 aromatic carbocycles. The number of carbonyl (C=O) groups is 1. The number of hydrogen-bond donors (Lipinski definition) is 1. The molecule has 72 valence electrons. The molecular weight excluding hydrogens is 180 g/mol. The van der Waals surface area contributed by atoms with Crippen LogP contribution in [0.4, 0.5) is 0 Å². The molecule has 0 spiro atoms. The van der Waals surface area contributed by atoms with Crippen LogP contribution >= 0.6 is 0 Å². The zero-order valence-corrected chi connectivity index (χ0v) is 8.26.